The first-order chi connectivity index (χ1) is 11.9. The molecule has 1 aliphatic carbocycles. The molecule has 0 atom stereocenters. The molecule has 0 radical (unpaired) electrons. The molecule has 1 aliphatic heterocycles. The van der Waals surface area contributed by atoms with Gasteiger partial charge in [0.2, 0.25) is 0 Å². The van der Waals surface area contributed by atoms with E-state index in [1.165, 1.54) is 0 Å². The van der Waals surface area contributed by atoms with E-state index in [2.05, 4.69) is 0 Å². The normalized spacial score (nSPS) is 19.0. The summed E-state index contributed by atoms with van der Waals surface area (Å²) in [5, 5.41) is 20.1. The van der Waals surface area contributed by atoms with Crippen molar-refractivity contribution in [2.75, 3.05) is 13.2 Å². The first-order valence-electron chi connectivity index (χ1n) is 7.98. The van der Waals surface area contributed by atoms with Gasteiger partial charge in [0.25, 0.3) is 0 Å². The Morgan fingerprint density at radius 3 is 2.52 bits per heavy atom. The van der Waals surface area contributed by atoms with Crippen LogP contribution in [0.4, 0.5) is 0 Å². The van der Waals surface area contributed by atoms with Crippen LogP contribution < -0.4 is 0 Å². The average molecular weight is 365 g/mol. The topological polar surface area (TPSA) is 101 Å². The SMILES string of the molecule is O=C(O)CCC(=O)C1=C(O)C2(CCOCC2)c2cc(Cl)ccc2C1=O. The van der Waals surface area contributed by atoms with E-state index in [0.29, 0.717) is 42.2 Å². The molecule has 1 heterocycles. The monoisotopic (exact) mass is 364 g/mol. The van der Waals surface area contributed by atoms with Gasteiger partial charge in [-0.1, -0.05) is 11.6 Å². The van der Waals surface area contributed by atoms with E-state index >= 15 is 0 Å². The summed E-state index contributed by atoms with van der Waals surface area (Å²) in [5.74, 6) is -2.66. The molecule has 1 spiro atoms. The summed E-state index contributed by atoms with van der Waals surface area (Å²) in [6.45, 7) is 0.752. The van der Waals surface area contributed by atoms with Crippen molar-refractivity contribution in [3.05, 3.63) is 45.7 Å². The Labute approximate surface area is 149 Å². The lowest BCUT2D eigenvalue weighted by Gasteiger charge is -2.41. The molecule has 132 valence electrons. The van der Waals surface area contributed by atoms with E-state index < -0.39 is 29.4 Å². The Bertz CT molecular complexity index is 789. The van der Waals surface area contributed by atoms with Crippen molar-refractivity contribution >= 4 is 29.1 Å². The number of aliphatic hydroxyl groups excluding tert-OH is 1. The number of carboxylic acid groups (broad SMARTS) is 1. The van der Waals surface area contributed by atoms with Gasteiger partial charge < -0.3 is 14.9 Å². The van der Waals surface area contributed by atoms with Gasteiger partial charge in [-0.3, -0.25) is 14.4 Å². The standard InChI is InChI=1S/C18H17ClO6/c19-10-1-2-11-12(9-10)18(5-7-25-8-6-18)17(24)15(16(11)23)13(20)3-4-14(21)22/h1-2,9,24H,3-8H2,(H,21,22). The molecule has 0 saturated carbocycles. The molecule has 0 amide bonds. The zero-order valence-electron chi connectivity index (χ0n) is 13.4. The summed E-state index contributed by atoms with van der Waals surface area (Å²) >= 11 is 6.09. The predicted molar refractivity (Wildman–Crippen MR) is 89.0 cm³/mol. The number of hydrogen-bond acceptors (Lipinski definition) is 5. The van der Waals surface area contributed by atoms with E-state index in [9.17, 15) is 19.5 Å². The number of rotatable bonds is 4. The third-order valence-corrected chi connectivity index (χ3v) is 5.09. The zero-order chi connectivity index (χ0) is 18.2. The number of carboxylic acids is 1. The fourth-order valence-corrected chi connectivity index (χ4v) is 3.72. The quantitative estimate of drug-likeness (QED) is 0.797. The summed E-state index contributed by atoms with van der Waals surface area (Å²) < 4.78 is 5.38. The van der Waals surface area contributed by atoms with Crippen LogP contribution in [-0.2, 0) is 19.7 Å². The molecule has 2 N–H and O–H groups in total. The summed E-state index contributed by atoms with van der Waals surface area (Å²) in [4.78, 5) is 36.0. The minimum atomic E-state index is -1.13. The van der Waals surface area contributed by atoms with Gasteiger partial charge in [0.15, 0.2) is 11.6 Å². The Morgan fingerprint density at radius 1 is 1.20 bits per heavy atom. The molecule has 0 bridgehead atoms. The van der Waals surface area contributed by atoms with Gasteiger partial charge >= 0.3 is 5.97 Å². The molecule has 25 heavy (non-hydrogen) atoms. The summed E-state index contributed by atoms with van der Waals surface area (Å²) in [7, 11) is 0. The van der Waals surface area contributed by atoms with E-state index in [4.69, 9.17) is 21.4 Å². The number of allylic oxidation sites excluding steroid dienone is 2. The predicted octanol–water partition coefficient (Wildman–Crippen LogP) is 2.83. The molecule has 7 heteroatoms. The number of ketones is 2. The second-order valence-corrected chi connectivity index (χ2v) is 6.69. The molecule has 2 aliphatic rings. The number of fused-ring (bicyclic) bond motifs is 2. The lowest BCUT2D eigenvalue weighted by atomic mass is 9.65. The molecule has 3 rings (SSSR count). The largest absolute Gasteiger partial charge is 0.510 e. The van der Waals surface area contributed by atoms with Gasteiger partial charge in [-0.25, -0.2) is 0 Å². The van der Waals surface area contributed by atoms with Gasteiger partial charge in [-0.15, -0.1) is 0 Å². The molecular formula is C18H17ClO6. The van der Waals surface area contributed by atoms with Crippen LogP contribution in [0.3, 0.4) is 0 Å². The van der Waals surface area contributed by atoms with Crippen LogP contribution in [0, 0.1) is 0 Å². The summed E-state index contributed by atoms with van der Waals surface area (Å²) in [5.41, 5.74) is -0.290. The number of halogens is 1. The highest BCUT2D eigenvalue weighted by molar-refractivity contribution is 6.32. The van der Waals surface area contributed by atoms with Crippen LogP contribution in [-0.4, -0.2) is 41.0 Å². The lowest BCUT2D eigenvalue weighted by Crippen LogP contribution is -2.42. The third-order valence-electron chi connectivity index (χ3n) is 4.85. The number of aliphatic carboxylic acids is 1. The van der Waals surface area contributed by atoms with Crippen molar-refractivity contribution in [3.8, 4) is 0 Å². The minimum absolute atomic E-state index is 0.286. The second-order valence-electron chi connectivity index (χ2n) is 6.25. The van der Waals surface area contributed by atoms with E-state index in [-0.39, 0.29) is 17.8 Å². The molecule has 1 saturated heterocycles. The molecule has 1 fully saturated rings. The van der Waals surface area contributed by atoms with E-state index in [0.717, 1.165) is 0 Å². The van der Waals surface area contributed by atoms with Crippen LogP contribution in [0.5, 0.6) is 0 Å². The molecule has 1 aromatic carbocycles. The Hall–Kier alpha value is -2.18. The fourth-order valence-electron chi connectivity index (χ4n) is 3.55. The molecular weight excluding hydrogens is 348 g/mol. The second kappa shape index (κ2) is 6.61. The number of hydrogen-bond donors (Lipinski definition) is 2. The van der Waals surface area contributed by atoms with Crippen molar-refractivity contribution in [1.82, 2.24) is 0 Å². The van der Waals surface area contributed by atoms with Gasteiger partial charge in [0.05, 0.1) is 11.8 Å². The van der Waals surface area contributed by atoms with E-state index in [1.54, 1.807) is 18.2 Å². The van der Waals surface area contributed by atoms with Crippen molar-refractivity contribution in [2.45, 2.75) is 31.1 Å². The number of ether oxygens (including phenoxy) is 1. The van der Waals surface area contributed by atoms with Crippen molar-refractivity contribution in [1.29, 1.82) is 0 Å². The van der Waals surface area contributed by atoms with Crippen molar-refractivity contribution in [2.24, 2.45) is 0 Å². The number of benzene rings is 1. The van der Waals surface area contributed by atoms with Crippen LogP contribution in [0.15, 0.2) is 29.5 Å². The molecule has 1 aromatic rings. The first-order valence-corrected chi connectivity index (χ1v) is 8.36. The zero-order valence-corrected chi connectivity index (χ0v) is 14.1. The van der Waals surface area contributed by atoms with Crippen LogP contribution in [0.1, 0.15) is 41.6 Å². The van der Waals surface area contributed by atoms with Crippen molar-refractivity contribution < 1.29 is 29.3 Å². The molecule has 6 nitrogen and oxygen atoms in total. The maximum Gasteiger partial charge on any atom is 0.303 e. The summed E-state index contributed by atoms with van der Waals surface area (Å²) in [6.07, 6.45) is 0.0901. The minimum Gasteiger partial charge on any atom is -0.510 e. The number of Topliss-reactive ketones (excluding diaryl/α,β-unsaturated/α-hetero) is 2. The first kappa shape index (κ1) is 17.6. The smallest absolute Gasteiger partial charge is 0.303 e. The number of aliphatic hydroxyl groups is 1. The van der Waals surface area contributed by atoms with Gasteiger partial charge in [0, 0.05) is 30.2 Å². The summed E-state index contributed by atoms with van der Waals surface area (Å²) in [6, 6.07) is 4.76. The number of carbonyl (C=O) groups is 3. The van der Waals surface area contributed by atoms with Crippen LogP contribution >= 0.6 is 11.6 Å². The Morgan fingerprint density at radius 2 is 1.88 bits per heavy atom. The van der Waals surface area contributed by atoms with Gasteiger partial charge in [-0.05, 0) is 36.6 Å². The van der Waals surface area contributed by atoms with Crippen molar-refractivity contribution in [3.63, 3.8) is 0 Å². The van der Waals surface area contributed by atoms with Gasteiger partial charge in [0.1, 0.15) is 11.3 Å². The lowest BCUT2D eigenvalue weighted by molar-refractivity contribution is -0.138. The fraction of sp³-hybridized carbons (Fsp3) is 0.389. The number of carbonyl (C=O) groups excluding carboxylic acids is 2. The third kappa shape index (κ3) is 2.96. The van der Waals surface area contributed by atoms with Crippen LogP contribution in [0.25, 0.3) is 0 Å². The highest BCUT2D eigenvalue weighted by Gasteiger charge is 2.48. The Balaban J connectivity index is 2.14. The highest BCUT2D eigenvalue weighted by atomic mass is 35.5. The average Bonchev–Trinajstić information content (AvgIpc) is 2.59. The van der Waals surface area contributed by atoms with E-state index in [1.807, 2.05) is 0 Å². The highest BCUT2D eigenvalue weighted by Crippen LogP contribution is 2.47. The molecule has 0 aromatic heterocycles. The van der Waals surface area contributed by atoms with Gasteiger partial charge in [-0.2, -0.15) is 0 Å². The Kier molecular flexibility index (Phi) is 4.67. The maximum atomic E-state index is 12.8. The maximum absolute atomic E-state index is 12.8. The van der Waals surface area contributed by atoms with Crippen LogP contribution in [0.2, 0.25) is 5.02 Å². The molecule has 0 unspecified atom stereocenters.